The van der Waals surface area contributed by atoms with E-state index in [2.05, 4.69) is 26.1 Å². The molecule has 1 aromatic carbocycles. The summed E-state index contributed by atoms with van der Waals surface area (Å²) in [5, 5.41) is 3.96. The first-order valence-electron chi connectivity index (χ1n) is 5.75. The smallest absolute Gasteiger partial charge is 0.260 e. The van der Waals surface area contributed by atoms with Crippen LogP contribution in [0.4, 0.5) is 5.69 Å². The van der Waals surface area contributed by atoms with Crippen LogP contribution in [0.25, 0.3) is 11.5 Å². The van der Waals surface area contributed by atoms with E-state index >= 15 is 0 Å². The lowest BCUT2D eigenvalue weighted by Gasteiger charge is -2.02. The number of benzene rings is 1. The van der Waals surface area contributed by atoms with E-state index in [4.69, 9.17) is 15.0 Å². The van der Waals surface area contributed by atoms with Crippen molar-refractivity contribution in [1.82, 2.24) is 10.1 Å². The summed E-state index contributed by atoms with van der Waals surface area (Å²) in [5.74, 6) is 1.03. The van der Waals surface area contributed by atoms with Crippen LogP contribution >= 0.6 is 15.9 Å². The molecule has 1 aliphatic rings. The third-order valence-electron chi connectivity index (χ3n) is 2.94. The molecule has 3 rings (SSSR count). The Morgan fingerprint density at radius 1 is 1.39 bits per heavy atom. The van der Waals surface area contributed by atoms with E-state index in [-0.39, 0.29) is 6.10 Å². The number of nitrogen functional groups attached to an aromatic ring is 1. The average molecular weight is 310 g/mol. The Bertz CT molecular complexity index is 564. The van der Waals surface area contributed by atoms with Crippen molar-refractivity contribution < 1.29 is 9.26 Å². The van der Waals surface area contributed by atoms with Crippen LogP contribution in [0.5, 0.6) is 0 Å². The summed E-state index contributed by atoms with van der Waals surface area (Å²) in [4.78, 5) is 4.36. The lowest BCUT2D eigenvalue weighted by molar-refractivity contribution is 0.103. The molecule has 1 aliphatic heterocycles. The summed E-state index contributed by atoms with van der Waals surface area (Å²) in [6.07, 6.45) is 1.93. The fourth-order valence-corrected chi connectivity index (χ4v) is 2.35. The van der Waals surface area contributed by atoms with Gasteiger partial charge < -0.3 is 15.0 Å². The highest BCUT2D eigenvalue weighted by molar-refractivity contribution is 9.10. The topological polar surface area (TPSA) is 74.2 Å². The van der Waals surface area contributed by atoms with Gasteiger partial charge in [0.2, 0.25) is 5.82 Å². The Hall–Kier alpha value is -1.40. The molecule has 0 aliphatic carbocycles. The maximum absolute atomic E-state index is 5.97. The van der Waals surface area contributed by atoms with E-state index < -0.39 is 0 Å². The third-order valence-corrected chi connectivity index (χ3v) is 3.63. The molecule has 2 heterocycles. The number of hydrogen-bond acceptors (Lipinski definition) is 5. The maximum atomic E-state index is 5.97. The zero-order valence-electron chi connectivity index (χ0n) is 9.60. The van der Waals surface area contributed by atoms with Gasteiger partial charge in [0.1, 0.15) is 6.10 Å². The molecule has 6 heteroatoms. The number of rotatable bonds is 2. The molecule has 1 aromatic heterocycles. The number of ether oxygens (including phenoxy) is 1. The van der Waals surface area contributed by atoms with Crippen LogP contribution in [0.2, 0.25) is 0 Å². The highest BCUT2D eigenvalue weighted by Crippen LogP contribution is 2.32. The number of halogens is 1. The van der Waals surface area contributed by atoms with Crippen LogP contribution in [0, 0.1) is 0 Å². The molecule has 1 saturated heterocycles. The molecular weight excluding hydrogens is 298 g/mol. The Labute approximate surface area is 112 Å². The molecule has 1 atom stereocenters. The van der Waals surface area contributed by atoms with Crippen LogP contribution in [0.3, 0.4) is 0 Å². The van der Waals surface area contributed by atoms with Crippen molar-refractivity contribution in [2.45, 2.75) is 18.9 Å². The highest BCUT2D eigenvalue weighted by Gasteiger charge is 2.24. The first kappa shape index (κ1) is 11.7. The van der Waals surface area contributed by atoms with Crippen molar-refractivity contribution in [2.24, 2.45) is 0 Å². The van der Waals surface area contributed by atoms with E-state index in [1.165, 1.54) is 0 Å². The van der Waals surface area contributed by atoms with E-state index in [1.54, 1.807) is 0 Å². The van der Waals surface area contributed by atoms with Crippen molar-refractivity contribution in [3.8, 4) is 11.5 Å². The van der Waals surface area contributed by atoms with Crippen molar-refractivity contribution in [2.75, 3.05) is 12.3 Å². The van der Waals surface area contributed by atoms with Crippen molar-refractivity contribution in [3.63, 3.8) is 0 Å². The second-order valence-electron chi connectivity index (χ2n) is 4.16. The van der Waals surface area contributed by atoms with Gasteiger partial charge in [-0.05, 0) is 40.9 Å². The molecule has 18 heavy (non-hydrogen) atoms. The SMILES string of the molecule is Nc1c(Br)cccc1-c1nc(C2CCCO2)no1. The van der Waals surface area contributed by atoms with Crippen LogP contribution in [-0.2, 0) is 4.74 Å². The van der Waals surface area contributed by atoms with Gasteiger partial charge in [0, 0.05) is 11.1 Å². The van der Waals surface area contributed by atoms with Gasteiger partial charge >= 0.3 is 0 Å². The summed E-state index contributed by atoms with van der Waals surface area (Å²) in [6, 6.07) is 5.61. The summed E-state index contributed by atoms with van der Waals surface area (Å²) >= 11 is 3.38. The standard InChI is InChI=1S/C12H12BrN3O2/c13-8-4-1-3-7(10(8)14)12-15-11(16-18-12)9-5-2-6-17-9/h1,3-4,9H,2,5-6,14H2. The summed E-state index contributed by atoms with van der Waals surface area (Å²) < 4.78 is 11.6. The predicted molar refractivity (Wildman–Crippen MR) is 69.8 cm³/mol. The number of aromatic nitrogens is 2. The molecule has 5 nitrogen and oxygen atoms in total. The van der Waals surface area contributed by atoms with Crippen LogP contribution < -0.4 is 5.73 Å². The monoisotopic (exact) mass is 309 g/mol. The van der Waals surface area contributed by atoms with Gasteiger partial charge in [0.25, 0.3) is 5.89 Å². The zero-order chi connectivity index (χ0) is 12.5. The number of hydrogen-bond donors (Lipinski definition) is 1. The number of para-hydroxylation sites is 1. The first-order valence-corrected chi connectivity index (χ1v) is 6.54. The maximum Gasteiger partial charge on any atom is 0.260 e. The largest absolute Gasteiger partial charge is 0.397 e. The molecule has 2 N–H and O–H groups in total. The molecule has 94 valence electrons. The lowest BCUT2D eigenvalue weighted by Crippen LogP contribution is -1.98. The van der Waals surface area contributed by atoms with Crippen molar-refractivity contribution in [1.29, 1.82) is 0 Å². The first-order chi connectivity index (χ1) is 8.75. The third kappa shape index (κ3) is 2.02. The van der Waals surface area contributed by atoms with Gasteiger partial charge in [-0.3, -0.25) is 0 Å². The molecule has 0 spiro atoms. The Morgan fingerprint density at radius 3 is 3.06 bits per heavy atom. The van der Waals surface area contributed by atoms with E-state index in [9.17, 15) is 0 Å². The molecule has 2 aromatic rings. The minimum atomic E-state index is -0.0455. The number of nitrogens with zero attached hydrogens (tertiary/aromatic N) is 2. The van der Waals surface area contributed by atoms with Crippen LogP contribution in [0.1, 0.15) is 24.8 Å². The summed E-state index contributed by atoms with van der Waals surface area (Å²) in [7, 11) is 0. The summed E-state index contributed by atoms with van der Waals surface area (Å²) in [5.41, 5.74) is 7.31. The Kier molecular flexibility index (Phi) is 3.05. The van der Waals surface area contributed by atoms with Gasteiger partial charge in [0.15, 0.2) is 0 Å². The van der Waals surface area contributed by atoms with Crippen molar-refractivity contribution in [3.05, 3.63) is 28.5 Å². The number of anilines is 1. The molecule has 0 amide bonds. The second-order valence-corrected chi connectivity index (χ2v) is 5.01. The normalized spacial score (nSPS) is 19.3. The van der Waals surface area contributed by atoms with E-state index in [0.29, 0.717) is 17.4 Å². The molecule has 1 fully saturated rings. The predicted octanol–water partition coefficient (Wildman–Crippen LogP) is 2.93. The van der Waals surface area contributed by atoms with Gasteiger partial charge in [-0.2, -0.15) is 4.98 Å². The molecule has 1 unspecified atom stereocenters. The van der Waals surface area contributed by atoms with Crippen LogP contribution in [-0.4, -0.2) is 16.7 Å². The van der Waals surface area contributed by atoms with Gasteiger partial charge in [-0.1, -0.05) is 11.2 Å². The zero-order valence-corrected chi connectivity index (χ0v) is 11.2. The van der Waals surface area contributed by atoms with E-state index in [0.717, 1.165) is 29.5 Å². The number of nitrogens with two attached hydrogens (primary N) is 1. The molecule has 0 bridgehead atoms. The average Bonchev–Trinajstić information content (AvgIpc) is 3.01. The van der Waals surface area contributed by atoms with Crippen molar-refractivity contribution >= 4 is 21.6 Å². The lowest BCUT2D eigenvalue weighted by atomic mass is 10.2. The van der Waals surface area contributed by atoms with Crippen LogP contribution in [0.15, 0.2) is 27.2 Å². The minimum absolute atomic E-state index is 0.0455. The summed E-state index contributed by atoms with van der Waals surface area (Å²) in [6.45, 7) is 0.758. The van der Waals surface area contributed by atoms with Gasteiger partial charge in [0.05, 0.1) is 11.3 Å². The van der Waals surface area contributed by atoms with Gasteiger partial charge in [-0.15, -0.1) is 0 Å². The molecule has 0 radical (unpaired) electrons. The van der Waals surface area contributed by atoms with Gasteiger partial charge in [-0.25, -0.2) is 0 Å². The highest BCUT2D eigenvalue weighted by atomic mass is 79.9. The molecule has 0 saturated carbocycles. The minimum Gasteiger partial charge on any atom is -0.397 e. The Balaban J connectivity index is 1.95. The molecular formula is C12H12BrN3O2. The Morgan fingerprint density at radius 2 is 2.28 bits per heavy atom. The van der Waals surface area contributed by atoms with E-state index in [1.807, 2.05) is 18.2 Å². The fraction of sp³-hybridized carbons (Fsp3) is 0.333. The fourth-order valence-electron chi connectivity index (χ4n) is 1.98. The second kappa shape index (κ2) is 4.70. The quantitative estimate of drug-likeness (QED) is 0.863.